The Kier molecular flexibility index (Phi) is 4.62. The summed E-state index contributed by atoms with van der Waals surface area (Å²) < 4.78 is 10.7. The first-order valence-corrected chi connectivity index (χ1v) is 7.01. The number of benzene rings is 1. The van der Waals surface area contributed by atoms with Crippen molar-refractivity contribution in [3.63, 3.8) is 0 Å². The molecule has 2 aromatic rings. The molecule has 0 aliphatic heterocycles. The summed E-state index contributed by atoms with van der Waals surface area (Å²) >= 11 is 0. The summed E-state index contributed by atoms with van der Waals surface area (Å²) in [5.41, 5.74) is 1.35. The molecule has 0 unspecified atom stereocenters. The van der Waals surface area contributed by atoms with Crippen LogP contribution in [0.25, 0.3) is 11.0 Å². The lowest BCUT2D eigenvalue weighted by Crippen LogP contribution is -2.36. The standard InChI is InChI=1S/C16H19NO4/c1-4-9-17-15(18)11(3)20-16(19)14-10(2)12-7-5-6-8-13(12)21-14/h5-8,11H,4,9H2,1-3H3,(H,17,18)/t11-/m1/s1. The van der Waals surface area contributed by atoms with Crippen LogP contribution in [0.5, 0.6) is 0 Å². The number of aryl methyl sites for hydroxylation is 1. The van der Waals surface area contributed by atoms with E-state index in [0.29, 0.717) is 12.1 Å². The van der Waals surface area contributed by atoms with Crippen LogP contribution in [0.2, 0.25) is 0 Å². The fourth-order valence-electron chi connectivity index (χ4n) is 2.03. The molecule has 0 aliphatic rings. The van der Waals surface area contributed by atoms with Crippen LogP contribution in [0, 0.1) is 6.92 Å². The van der Waals surface area contributed by atoms with Gasteiger partial charge in [-0.1, -0.05) is 25.1 Å². The summed E-state index contributed by atoms with van der Waals surface area (Å²) in [5.74, 6) is -0.784. The molecule has 1 aromatic heterocycles. The Bertz CT molecular complexity index is 659. The zero-order chi connectivity index (χ0) is 15.4. The highest BCUT2D eigenvalue weighted by molar-refractivity contribution is 5.97. The van der Waals surface area contributed by atoms with Gasteiger partial charge in [-0.05, 0) is 26.3 Å². The molecule has 0 aliphatic carbocycles. The molecule has 1 aromatic carbocycles. The van der Waals surface area contributed by atoms with E-state index in [1.807, 2.05) is 25.1 Å². The number of esters is 1. The fraction of sp³-hybridized carbons (Fsp3) is 0.375. The second-order valence-corrected chi connectivity index (χ2v) is 4.89. The monoisotopic (exact) mass is 289 g/mol. The third-order valence-corrected chi connectivity index (χ3v) is 3.23. The quantitative estimate of drug-likeness (QED) is 0.859. The number of nitrogens with one attached hydrogen (secondary N) is 1. The molecule has 5 heteroatoms. The highest BCUT2D eigenvalue weighted by Crippen LogP contribution is 2.25. The van der Waals surface area contributed by atoms with Gasteiger partial charge in [0.2, 0.25) is 5.76 Å². The minimum atomic E-state index is -0.850. The average molecular weight is 289 g/mol. The van der Waals surface area contributed by atoms with Gasteiger partial charge in [0.15, 0.2) is 6.10 Å². The van der Waals surface area contributed by atoms with Crippen LogP contribution >= 0.6 is 0 Å². The minimum Gasteiger partial charge on any atom is -0.449 e. The molecular formula is C16H19NO4. The van der Waals surface area contributed by atoms with Crippen molar-refractivity contribution in [1.82, 2.24) is 5.32 Å². The van der Waals surface area contributed by atoms with Crippen molar-refractivity contribution in [2.24, 2.45) is 0 Å². The largest absolute Gasteiger partial charge is 0.449 e. The van der Waals surface area contributed by atoms with Gasteiger partial charge in [-0.2, -0.15) is 0 Å². The number of carbonyl (C=O) groups is 2. The lowest BCUT2D eigenvalue weighted by atomic mass is 10.1. The molecule has 0 fully saturated rings. The van der Waals surface area contributed by atoms with Gasteiger partial charge in [0, 0.05) is 17.5 Å². The van der Waals surface area contributed by atoms with Gasteiger partial charge in [-0.25, -0.2) is 4.79 Å². The van der Waals surface area contributed by atoms with Gasteiger partial charge in [-0.3, -0.25) is 4.79 Å². The Morgan fingerprint density at radius 3 is 2.71 bits per heavy atom. The number of ether oxygens (including phenoxy) is 1. The second kappa shape index (κ2) is 6.43. The van der Waals surface area contributed by atoms with Gasteiger partial charge in [0.1, 0.15) is 5.58 Å². The van der Waals surface area contributed by atoms with Crippen LogP contribution in [0.3, 0.4) is 0 Å². The van der Waals surface area contributed by atoms with Crippen molar-refractivity contribution < 1.29 is 18.7 Å². The van der Waals surface area contributed by atoms with Crippen LogP contribution in [-0.4, -0.2) is 24.5 Å². The van der Waals surface area contributed by atoms with Gasteiger partial charge in [0.25, 0.3) is 5.91 Å². The van der Waals surface area contributed by atoms with Crippen LogP contribution in [0.4, 0.5) is 0 Å². The maximum Gasteiger partial charge on any atom is 0.375 e. The molecular weight excluding hydrogens is 270 g/mol. The van der Waals surface area contributed by atoms with E-state index < -0.39 is 12.1 Å². The van der Waals surface area contributed by atoms with Crippen molar-refractivity contribution in [2.75, 3.05) is 6.54 Å². The summed E-state index contributed by atoms with van der Waals surface area (Å²) in [6.07, 6.45) is -0.0219. The van der Waals surface area contributed by atoms with Crippen molar-refractivity contribution in [3.8, 4) is 0 Å². The molecule has 0 radical (unpaired) electrons. The van der Waals surface area contributed by atoms with Crippen molar-refractivity contribution in [3.05, 3.63) is 35.6 Å². The molecule has 1 N–H and O–H groups in total. The van der Waals surface area contributed by atoms with E-state index in [2.05, 4.69) is 5.32 Å². The number of amides is 1. The van der Waals surface area contributed by atoms with Crippen LogP contribution < -0.4 is 5.32 Å². The fourth-order valence-corrected chi connectivity index (χ4v) is 2.03. The Morgan fingerprint density at radius 1 is 1.33 bits per heavy atom. The van der Waals surface area contributed by atoms with Crippen LogP contribution in [0.1, 0.15) is 36.4 Å². The van der Waals surface area contributed by atoms with Crippen molar-refractivity contribution in [2.45, 2.75) is 33.3 Å². The molecule has 1 atom stereocenters. The first-order chi connectivity index (χ1) is 10.0. The Labute approximate surface area is 123 Å². The molecule has 1 heterocycles. The summed E-state index contributed by atoms with van der Waals surface area (Å²) in [5, 5.41) is 3.55. The molecule has 5 nitrogen and oxygen atoms in total. The Balaban J connectivity index is 2.12. The SMILES string of the molecule is CCCNC(=O)[C@@H](C)OC(=O)c1oc2ccccc2c1C. The van der Waals surface area contributed by atoms with E-state index >= 15 is 0 Å². The number of rotatable bonds is 5. The Hall–Kier alpha value is -2.30. The molecule has 0 saturated carbocycles. The highest BCUT2D eigenvalue weighted by atomic mass is 16.6. The van der Waals surface area contributed by atoms with Crippen LogP contribution in [-0.2, 0) is 9.53 Å². The first kappa shape index (κ1) is 15.1. The summed E-state index contributed by atoms with van der Waals surface area (Å²) in [6, 6.07) is 7.38. The van der Waals surface area contributed by atoms with Gasteiger partial charge in [0.05, 0.1) is 0 Å². The lowest BCUT2D eigenvalue weighted by molar-refractivity contribution is -0.129. The minimum absolute atomic E-state index is 0.145. The van der Waals surface area contributed by atoms with E-state index in [9.17, 15) is 9.59 Å². The highest BCUT2D eigenvalue weighted by Gasteiger charge is 2.23. The van der Waals surface area contributed by atoms with Gasteiger partial charge >= 0.3 is 5.97 Å². The van der Waals surface area contributed by atoms with E-state index in [1.165, 1.54) is 0 Å². The maximum absolute atomic E-state index is 12.1. The number of carbonyl (C=O) groups excluding carboxylic acids is 2. The third-order valence-electron chi connectivity index (χ3n) is 3.23. The number of furan rings is 1. The number of para-hydroxylation sites is 1. The predicted octanol–water partition coefficient (Wildman–Crippen LogP) is 2.81. The smallest absolute Gasteiger partial charge is 0.375 e. The van der Waals surface area contributed by atoms with E-state index in [4.69, 9.17) is 9.15 Å². The summed E-state index contributed by atoms with van der Waals surface area (Å²) in [6.45, 7) is 5.85. The summed E-state index contributed by atoms with van der Waals surface area (Å²) in [4.78, 5) is 23.8. The van der Waals surface area contributed by atoms with Gasteiger partial charge in [-0.15, -0.1) is 0 Å². The zero-order valence-corrected chi connectivity index (χ0v) is 12.4. The van der Waals surface area contributed by atoms with E-state index in [0.717, 1.165) is 17.4 Å². The first-order valence-electron chi connectivity index (χ1n) is 7.01. The van der Waals surface area contributed by atoms with Crippen molar-refractivity contribution >= 4 is 22.8 Å². The number of hydrogen-bond donors (Lipinski definition) is 1. The molecule has 0 saturated heterocycles. The predicted molar refractivity (Wildman–Crippen MR) is 79.1 cm³/mol. The molecule has 21 heavy (non-hydrogen) atoms. The van der Waals surface area contributed by atoms with Crippen molar-refractivity contribution in [1.29, 1.82) is 0 Å². The van der Waals surface area contributed by atoms with Crippen LogP contribution in [0.15, 0.2) is 28.7 Å². The third kappa shape index (κ3) is 3.24. The summed E-state index contributed by atoms with van der Waals surface area (Å²) in [7, 11) is 0. The van der Waals surface area contributed by atoms with E-state index in [1.54, 1.807) is 19.9 Å². The topological polar surface area (TPSA) is 68.5 Å². The molecule has 1 amide bonds. The number of fused-ring (bicyclic) bond motifs is 1. The van der Waals surface area contributed by atoms with E-state index in [-0.39, 0.29) is 11.7 Å². The zero-order valence-electron chi connectivity index (χ0n) is 12.4. The molecule has 2 rings (SSSR count). The lowest BCUT2D eigenvalue weighted by Gasteiger charge is -2.12. The average Bonchev–Trinajstić information content (AvgIpc) is 2.82. The molecule has 0 spiro atoms. The second-order valence-electron chi connectivity index (χ2n) is 4.89. The Morgan fingerprint density at radius 2 is 2.05 bits per heavy atom. The maximum atomic E-state index is 12.1. The normalized spacial score (nSPS) is 12.1. The van der Waals surface area contributed by atoms with Gasteiger partial charge < -0.3 is 14.5 Å². The molecule has 112 valence electrons. The molecule has 0 bridgehead atoms. The number of hydrogen-bond acceptors (Lipinski definition) is 4.